The molecule has 1 unspecified atom stereocenters. The van der Waals surface area contributed by atoms with E-state index in [4.69, 9.17) is 4.74 Å². The van der Waals surface area contributed by atoms with Crippen molar-refractivity contribution < 1.29 is 14.3 Å². The molecule has 0 spiro atoms. The second-order valence-electron chi connectivity index (χ2n) is 5.56. The van der Waals surface area contributed by atoms with E-state index < -0.39 is 6.10 Å². The summed E-state index contributed by atoms with van der Waals surface area (Å²) >= 11 is 0. The Bertz CT molecular complexity index is 704. The molecule has 0 fully saturated rings. The third-order valence-corrected chi connectivity index (χ3v) is 3.65. The van der Waals surface area contributed by atoms with Crippen molar-refractivity contribution in [1.29, 1.82) is 0 Å². The molecule has 0 aliphatic rings. The van der Waals surface area contributed by atoms with Gasteiger partial charge < -0.3 is 20.7 Å². The van der Waals surface area contributed by atoms with E-state index >= 15 is 0 Å². The van der Waals surface area contributed by atoms with Crippen molar-refractivity contribution in [2.45, 2.75) is 19.4 Å². The number of urea groups is 1. The highest BCUT2D eigenvalue weighted by atomic mass is 16.5. The Morgan fingerprint density at radius 2 is 1.68 bits per heavy atom. The first-order valence-corrected chi connectivity index (χ1v) is 8.11. The normalized spacial score (nSPS) is 11.4. The first-order chi connectivity index (χ1) is 12.1. The number of amides is 3. The van der Waals surface area contributed by atoms with Crippen LogP contribution in [-0.4, -0.2) is 31.7 Å². The number of carbonyl (C=O) groups excluding carboxylic acids is 2. The molecule has 3 amide bonds. The molecular weight excluding hydrogens is 318 g/mol. The van der Waals surface area contributed by atoms with Gasteiger partial charge in [-0.3, -0.25) is 4.79 Å². The van der Waals surface area contributed by atoms with Gasteiger partial charge in [0.15, 0.2) is 0 Å². The molecule has 1 atom stereocenters. The topological polar surface area (TPSA) is 79.5 Å². The van der Waals surface area contributed by atoms with E-state index in [0.29, 0.717) is 17.9 Å². The third kappa shape index (κ3) is 6.27. The number of carbonyl (C=O) groups is 2. The summed E-state index contributed by atoms with van der Waals surface area (Å²) in [5.41, 5.74) is 2.36. The highest BCUT2D eigenvalue weighted by Gasteiger charge is 2.11. The number of ether oxygens (including phenoxy) is 1. The average Bonchev–Trinajstić information content (AvgIpc) is 2.62. The monoisotopic (exact) mass is 341 g/mol. The standard InChI is InChI=1S/C19H23N3O3/c1-14(25-2)18(23)21-16-9-6-10-17(13-16)22-19(24)20-12-11-15-7-4-3-5-8-15/h3-10,13-14H,11-12H2,1-2H3,(H,21,23)(H2,20,22,24). The molecule has 2 rings (SSSR count). The molecule has 0 saturated carbocycles. The Balaban J connectivity index is 1.82. The van der Waals surface area contributed by atoms with Crippen LogP contribution in [0.25, 0.3) is 0 Å². The third-order valence-electron chi connectivity index (χ3n) is 3.65. The van der Waals surface area contributed by atoms with Gasteiger partial charge in [-0.05, 0) is 37.1 Å². The molecule has 0 aliphatic carbocycles. The lowest BCUT2D eigenvalue weighted by Gasteiger charge is -2.12. The zero-order valence-electron chi connectivity index (χ0n) is 14.4. The molecule has 132 valence electrons. The summed E-state index contributed by atoms with van der Waals surface area (Å²) in [5.74, 6) is -0.244. The van der Waals surface area contributed by atoms with Crippen molar-refractivity contribution in [3.8, 4) is 0 Å². The zero-order valence-corrected chi connectivity index (χ0v) is 14.4. The van der Waals surface area contributed by atoms with Crippen LogP contribution in [0.4, 0.5) is 16.2 Å². The molecule has 0 bridgehead atoms. The Kier molecular flexibility index (Phi) is 6.98. The van der Waals surface area contributed by atoms with Gasteiger partial charge in [-0.25, -0.2) is 4.79 Å². The highest BCUT2D eigenvalue weighted by molar-refractivity contribution is 5.95. The molecule has 0 saturated heterocycles. The van der Waals surface area contributed by atoms with Crippen molar-refractivity contribution in [2.75, 3.05) is 24.3 Å². The molecule has 6 heteroatoms. The number of methoxy groups -OCH3 is 1. The van der Waals surface area contributed by atoms with E-state index in [2.05, 4.69) is 16.0 Å². The number of benzene rings is 2. The molecular formula is C19H23N3O3. The van der Waals surface area contributed by atoms with Gasteiger partial charge in [0.05, 0.1) is 0 Å². The summed E-state index contributed by atoms with van der Waals surface area (Å²) < 4.78 is 4.97. The quantitative estimate of drug-likeness (QED) is 0.724. The summed E-state index contributed by atoms with van der Waals surface area (Å²) in [6.45, 7) is 2.20. The number of rotatable bonds is 7. The van der Waals surface area contributed by atoms with Gasteiger partial charge in [0, 0.05) is 25.0 Å². The van der Waals surface area contributed by atoms with Crippen LogP contribution in [0.2, 0.25) is 0 Å². The molecule has 0 radical (unpaired) electrons. The fourth-order valence-corrected chi connectivity index (χ4v) is 2.17. The lowest BCUT2D eigenvalue weighted by molar-refractivity contribution is -0.124. The Morgan fingerprint density at radius 1 is 1.00 bits per heavy atom. The fourth-order valence-electron chi connectivity index (χ4n) is 2.17. The van der Waals surface area contributed by atoms with Crippen LogP contribution in [0, 0.1) is 0 Å². The molecule has 3 N–H and O–H groups in total. The van der Waals surface area contributed by atoms with Gasteiger partial charge in [0.1, 0.15) is 6.10 Å². The first kappa shape index (κ1) is 18.5. The summed E-state index contributed by atoms with van der Waals surface area (Å²) in [5, 5.41) is 8.30. The molecule has 2 aromatic carbocycles. The van der Waals surface area contributed by atoms with E-state index in [1.165, 1.54) is 12.7 Å². The van der Waals surface area contributed by atoms with Crippen LogP contribution in [0.1, 0.15) is 12.5 Å². The summed E-state index contributed by atoms with van der Waals surface area (Å²) in [7, 11) is 1.47. The number of nitrogens with one attached hydrogen (secondary N) is 3. The van der Waals surface area contributed by atoms with Gasteiger partial charge in [-0.1, -0.05) is 36.4 Å². The zero-order chi connectivity index (χ0) is 18.1. The Hall–Kier alpha value is -2.86. The van der Waals surface area contributed by atoms with Gasteiger partial charge in [0.25, 0.3) is 5.91 Å². The lowest BCUT2D eigenvalue weighted by Crippen LogP contribution is -2.30. The molecule has 2 aromatic rings. The van der Waals surface area contributed by atoms with Gasteiger partial charge >= 0.3 is 6.03 Å². The molecule has 0 aromatic heterocycles. The van der Waals surface area contributed by atoms with E-state index in [1.54, 1.807) is 31.2 Å². The van der Waals surface area contributed by atoms with Crippen molar-refractivity contribution >= 4 is 23.3 Å². The minimum Gasteiger partial charge on any atom is -0.372 e. The summed E-state index contributed by atoms with van der Waals surface area (Å²) in [6.07, 6.45) is 0.220. The minimum absolute atomic E-state index is 0.244. The highest BCUT2D eigenvalue weighted by Crippen LogP contribution is 2.15. The van der Waals surface area contributed by atoms with Crippen molar-refractivity contribution in [1.82, 2.24) is 5.32 Å². The second-order valence-corrected chi connectivity index (χ2v) is 5.56. The molecule has 0 heterocycles. The SMILES string of the molecule is COC(C)C(=O)Nc1cccc(NC(=O)NCCc2ccccc2)c1. The second kappa shape index (κ2) is 9.44. The van der Waals surface area contributed by atoms with Crippen LogP contribution >= 0.6 is 0 Å². The summed E-state index contributed by atoms with van der Waals surface area (Å²) in [4.78, 5) is 23.8. The maximum atomic E-state index is 12.0. The molecule has 25 heavy (non-hydrogen) atoms. The van der Waals surface area contributed by atoms with E-state index in [0.717, 1.165) is 6.42 Å². The summed E-state index contributed by atoms with van der Waals surface area (Å²) in [6, 6.07) is 16.6. The fraction of sp³-hybridized carbons (Fsp3) is 0.263. The van der Waals surface area contributed by atoms with Crippen molar-refractivity contribution in [3.05, 3.63) is 60.2 Å². The number of anilines is 2. The maximum absolute atomic E-state index is 12.0. The van der Waals surface area contributed by atoms with Crippen LogP contribution in [0.15, 0.2) is 54.6 Å². The number of hydrogen-bond acceptors (Lipinski definition) is 3. The Labute approximate surface area is 147 Å². The lowest BCUT2D eigenvalue weighted by atomic mass is 10.1. The average molecular weight is 341 g/mol. The largest absolute Gasteiger partial charge is 0.372 e. The number of hydrogen-bond donors (Lipinski definition) is 3. The van der Waals surface area contributed by atoms with E-state index in [-0.39, 0.29) is 11.9 Å². The van der Waals surface area contributed by atoms with Crippen LogP contribution in [0.3, 0.4) is 0 Å². The smallest absolute Gasteiger partial charge is 0.319 e. The Morgan fingerprint density at radius 3 is 2.36 bits per heavy atom. The van der Waals surface area contributed by atoms with Crippen molar-refractivity contribution in [3.63, 3.8) is 0 Å². The van der Waals surface area contributed by atoms with Crippen LogP contribution < -0.4 is 16.0 Å². The van der Waals surface area contributed by atoms with Gasteiger partial charge in [-0.15, -0.1) is 0 Å². The minimum atomic E-state index is -0.544. The predicted octanol–water partition coefficient (Wildman–Crippen LogP) is 3.02. The van der Waals surface area contributed by atoms with Crippen LogP contribution in [-0.2, 0) is 16.0 Å². The maximum Gasteiger partial charge on any atom is 0.319 e. The van der Waals surface area contributed by atoms with E-state index in [9.17, 15) is 9.59 Å². The first-order valence-electron chi connectivity index (χ1n) is 8.11. The van der Waals surface area contributed by atoms with E-state index in [1.807, 2.05) is 30.3 Å². The van der Waals surface area contributed by atoms with Gasteiger partial charge in [0.2, 0.25) is 0 Å². The van der Waals surface area contributed by atoms with Gasteiger partial charge in [-0.2, -0.15) is 0 Å². The predicted molar refractivity (Wildman–Crippen MR) is 98.7 cm³/mol. The molecule has 6 nitrogen and oxygen atoms in total. The van der Waals surface area contributed by atoms with Crippen molar-refractivity contribution in [2.24, 2.45) is 0 Å². The van der Waals surface area contributed by atoms with Crippen LogP contribution in [0.5, 0.6) is 0 Å². The molecule has 0 aliphatic heterocycles.